The van der Waals surface area contributed by atoms with Crippen molar-refractivity contribution in [2.24, 2.45) is 0 Å². The van der Waals surface area contributed by atoms with Crippen LogP contribution in [0.4, 0.5) is 0 Å². The lowest BCUT2D eigenvalue weighted by Gasteiger charge is -2.17. The third-order valence-corrected chi connectivity index (χ3v) is 4.47. The highest BCUT2D eigenvalue weighted by atomic mass is 32.2. The van der Waals surface area contributed by atoms with E-state index in [1.165, 1.54) is 12.1 Å². The van der Waals surface area contributed by atoms with E-state index in [4.69, 9.17) is 0 Å². The van der Waals surface area contributed by atoms with Crippen LogP contribution in [0.1, 0.15) is 36.5 Å². The van der Waals surface area contributed by atoms with Crippen LogP contribution >= 0.6 is 0 Å². The van der Waals surface area contributed by atoms with Gasteiger partial charge in [-0.05, 0) is 29.7 Å². The molecule has 0 aromatic heterocycles. The largest absolute Gasteiger partial charge is 0.507 e. The summed E-state index contributed by atoms with van der Waals surface area (Å²) in [5, 5.41) is 10.3. The Labute approximate surface area is 124 Å². The number of rotatable bonds is 4. The predicted octanol–water partition coefficient (Wildman–Crippen LogP) is 3.35. The van der Waals surface area contributed by atoms with Crippen molar-refractivity contribution < 1.29 is 18.1 Å². The zero-order valence-electron chi connectivity index (χ0n) is 11.9. The molecule has 1 unspecified atom stereocenters. The minimum absolute atomic E-state index is 0.0845. The molecule has 0 aliphatic carbocycles. The summed E-state index contributed by atoms with van der Waals surface area (Å²) < 4.78 is 32.1. The molecule has 2 aromatic carbocycles. The second-order valence-corrected chi connectivity index (χ2v) is 6.40. The molecule has 0 bridgehead atoms. The van der Waals surface area contributed by atoms with Gasteiger partial charge in [0.05, 0.1) is 4.90 Å². The second kappa shape index (κ2) is 5.87. The Morgan fingerprint density at radius 3 is 2.29 bits per heavy atom. The van der Waals surface area contributed by atoms with Crippen LogP contribution in [0.25, 0.3) is 0 Å². The van der Waals surface area contributed by atoms with Gasteiger partial charge in [-0.25, -0.2) is 0 Å². The topological polar surface area (TPSA) is 74.6 Å². The van der Waals surface area contributed by atoms with Crippen molar-refractivity contribution in [3.05, 3.63) is 59.2 Å². The first-order valence-electron chi connectivity index (χ1n) is 6.72. The van der Waals surface area contributed by atoms with E-state index in [-0.39, 0.29) is 16.6 Å². The molecule has 1 atom stereocenters. The first-order chi connectivity index (χ1) is 9.84. The standard InChI is InChI=1S/C16H18O4S/c1-3-12-9-14(21(18,19)20)10-15(16(12)17)11(2)13-7-5-4-6-8-13/h4-11,17H,3H2,1-2H3,(H,18,19,20). The fourth-order valence-corrected chi connectivity index (χ4v) is 2.93. The summed E-state index contributed by atoms with van der Waals surface area (Å²) in [7, 11) is -4.30. The zero-order chi connectivity index (χ0) is 15.6. The molecule has 0 heterocycles. The molecule has 0 spiro atoms. The molecule has 2 N–H and O–H groups in total. The van der Waals surface area contributed by atoms with E-state index in [2.05, 4.69) is 0 Å². The van der Waals surface area contributed by atoms with E-state index in [0.717, 1.165) is 5.56 Å². The van der Waals surface area contributed by atoms with Gasteiger partial charge >= 0.3 is 0 Å². The highest BCUT2D eigenvalue weighted by molar-refractivity contribution is 7.85. The summed E-state index contributed by atoms with van der Waals surface area (Å²) in [5.41, 5.74) is 1.96. The number of hydrogen-bond donors (Lipinski definition) is 2. The van der Waals surface area contributed by atoms with Gasteiger partial charge in [0, 0.05) is 11.5 Å². The SMILES string of the molecule is CCc1cc(S(=O)(=O)O)cc(C(C)c2ccccc2)c1O. The number of phenolic OH excluding ortho intramolecular Hbond substituents is 1. The van der Waals surface area contributed by atoms with Gasteiger partial charge in [0.15, 0.2) is 0 Å². The Bertz CT molecular complexity index is 736. The van der Waals surface area contributed by atoms with E-state index >= 15 is 0 Å². The fourth-order valence-electron chi connectivity index (χ4n) is 2.36. The molecule has 2 aromatic rings. The van der Waals surface area contributed by atoms with E-state index in [9.17, 15) is 18.1 Å². The number of benzene rings is 2. The Kier molecular flexibility index (Phi) is 4.34. The summed E-state index contributed by atoms with van der Waals surface area (Å²) >= 11 is 0. The normalized spacial score (nSPS) is 13.1. The van der Waals surface area contributed by atoms with E-state index in [1.54, 1.807) is 0 Å². The fraction of sp³-hybridized carbons (Fsp3) is 0.250. The number of aromatic hydroxyl groups is 1. The Balaban J connectivity index is 2.62. The summed E-state index contributed by atoms with van der Waals surface area (Å²) in [6.07, 6.45) is 0.476. The molecule has 5 heteroatoms. The number of hydrogen-bond acceptors (Lipinski definition) is 3. The maximum atomic E-state index is 11.4. The molecule has 0 aliphatic heterocycles. The average Bonchev–Trinajstić information content (AvgIpc) is 2.46. The molecule has 21 heavy (non-hydrogen) atoms. The third-order valence-electron chi connectivity index (χ3n) is 3.64. The van der Waals surface area contributed by atoms with Gasteiger partial charge in [-0.1, -0.05) is 44.2 Å². The predicted molar refractivity (Wildman–Crippen MR) is 81.3 cm³/mol. The molecule has 112 valence electrons. The van der Waals surface area contributed by atoms with Crippen molar-refractivity contribution in [3.63, 3.8) is 0 Å². The van der Waals surface area contributed by atoms with E-state index < -0.39 is 10.1 Å². The zero-order valence-corrected chi connectivity index (χ0v) is 12.8. The molecule has 0 aliphatic rings. The molecule has 0 amide bonds. The summed E-state index contributed by atoms with van der Waals surface area (Å²) in [5.74, 6) is -0.0977. The lowest BCUT2D eigenvalue weighted by atomic mass is 9.90. The lowest BCUT2D eigenvalue weighted by molar-refractivity contribution is 0.457. The van der Waals surface area contributed by atoms with Crippen LogP contribution in [0.15, 0.2) is 47.4 Å². The monoisotopic (exact) mass is 306 g/mol. The van der Waals surface area contributed by atoms with Crippen LogP contribution < -0.4 is 0 Å². The van der Waals surface area contributed by atoms with Crippen LogP contribution in [0.3, 0.4) is 0 Å². The summed E-state index contributed by atoms with van der Waals surface area (Å²) in [4.78, 5) is -0.185. The highest BCUT2D eigenvalue weighted by Crippen LogP contribution is 2.35. The van der Waals surface area contributed by atoms with Gasteiger partial charge < -0.3 is 5.11 Å². The van der Waals surface area contributed by atoms with Gasteiger partial charge in [-0.2, -0.15) is 8.42 Å². The van der Waals surface area contributed by atoms with Crippen molar-refractivity contribution in [2.75, 3.05) is 0 Å². The first-order valence-corrected chi connectivity index (χ1v) is 8.16. The van der Waals surface area contributed by atoms with E-state index in [0.29, 0.717) is 17.5 Å². The number of phenols is 1. The van der Waals surface area contributed by atoms with Gasteiger partial charge in [0.2, 0.25) is 0 Å². The molecule has 4 nitrogen and oxygen atoms in total. The third kappa shape index (κ3) is 3.25. The van der Waals surface area contributed by atoms with Crippen LogP contribution in [0, 0.1) is 0 Å². The van der Waals surface area contributed by atoms with Gasteiger partial charge in [-0.3, -0.25) is 4.55 Å². The molecule has 2 rings (SSSR count). The van der Waals surface area contributed by atoms with Crippen molar-refractivity contribution in [2.45, 2.75) is 31.1 Å². The first kappa shape index (κ1) is 15.5. The highest BCUT2D eigenvalue weighted by Gasteiger charge is 2.20. The second-order valence-electron chi connectivity index (χ2n) is 4.98. The maximum absolute atomic E-state index is 11.4. The van der Waals surface area contributed by atoms with Crippen LogP contribution in [0.2, 0.25) is 0 Å². The molecule has 0 saturated carbocycles. The Morgan fingerprint density at radius 1 is 1.14 bits per heavy atom. The van der Waals surface area contributed by atoms with Gasteiger partial charge in [-0.15, -0.1) is 0 Å². The van der Waals surface area contributed by atoms with Gasteiger partial charge in [0.25, 0.3) is 10.1 Å². The quantitative estimate of drug-likeness (QED) is 0.849. The van der Waals surface area contributed by atoms with Gasteiger partial charge in [0.1, 0.15) is 5.75 Å². The van der Waals surface area contributed by atoms with Crippen molar-refractivity contribution in [1.29, 1.82) is 0 Å². The molecule has 0 fully saturated rings. The van der Waals surface area contributed by atoms with Crippen LogP contribution in [-0.2, 0) is 16.5 Å². The Morgan fingerprint density at radius 2 is 1.76 bits per heavy atom. The van der Waals surface area contributed by atoms with Crippen molar-refractivity contribution >= 4 is 10.1 Å². The van der Waals surface area contributed by atoms with Crippen LogP contribution in [0.5, 0.6) is 5.75 Å². The van der Waals surface area contributed by atoms with Crippen molar-refractivity contribution in [1.82, 2.24) is 0 Å². The van der Waals surface area contributed by atoms with Crippen molar-refractivity contribution in [3.8, 4) is 5.75 Å². The maximum Gasteiger partial charge on any atom is 0.294 e. The molecular formula is C16H18O4S. The summed E-state index contributed by atoms with van der Waals surface area (Å²) in [6, 6.07) is 12.1. The minimum atomic E-state index is -4.30. The number of aryl methyl sites for hydroxylation is 1. The Hall–Kier alpha value is -1.85. The molecule has 0 saturated heterocycles. The molecule has 0 radical (unpaired) electrons. The minimum Gasteiger partial charge on any atom is -0.507 e. The summed E-state index contributed by atoms with van der Waals surface area (Å²) in [6.45, 7) is 3.71. The lowest BCUT2D eigenvalue weighted by Crippen LogP contribution is -2.04. The smallest absolute Gasteiger partial charge is 0.294 e. The van der Waals surface area contributed by atoms with E-state index in [1.807, 2.05) is 44.2 Å². The average molecular weight is 306 g/mol. The molecular weight excluding hydrogens is 288 g/mol. The van der Waals surface area contributed by atoms with Crippen LogP contribution in [-0.4, -0.2) is 18.1 Å².